The van der Waals surface area contributed by atoms with E-state index < -0.39 is 17.8 Å². The second kappa shape index (κ2) is 6.08. The first kappa shape index (κ1) is 15.9. The molecule has 0 aliphatic rings. The van der Waals surface area contributed by atoms with E-state index in [0.717, 1.165) is 17.7 Å². The second-order valence-corrected chi connectivity index (χ2v) is 4.89. The van der Waals surface area contributed by atoms with E-state index in [4.69, 9.17) is 0 Å². The average Bonchev–Trinajstić information content (AvgIpc) is 2.83. The van der Waals surface area contributed by atoms with Gasteiger partial charge in [0.1, 0.15) is 0 Å². The topological polar surface area (TPSA) is 50.2 Å². The van der Waals surface area contributed by atoms with Crippen molar-refractivity contribution in [1.29, 1.82) is 0 Å². The third kappa shape index (κ3) is 4.00. The summed E-state index contributed by atoms with van der Waals surface area (Å²) < 4.78 is 39.5. The maximum atomic E-state index is 12.6. The van der Waals surface area contributed by atoms with Crippen molar-refractivity contribution < 1.29 is 18.0 Å². The lowest BCUT2D eigenvalue weighted by molar-refractivity contribution is -0.137. The zero-order chi connectivity index (χ0) is 16.3. The highest BCUT2D eigenvalue weighted by Gasteiger charge is 2.30. The highest BCUT2D eigenvalue weighted by atomic mass is 19.4. The largest absolute Gasteiger partial charge is 0.416 e. The number of halogens is 3. The predicted molar refractivity (Wildman–Crippen MR) is 75.1 cm³/mol. The van der Waals surface area contributed by atoms with Gasteiger partial charge in [-0.15, -0.1) is 0 Å². The quantitative estimate of drug-likeness (QED) is 0.947. The zero-order valence-corrected chi connectivity index (χ0v) is 12.1. The molecule has 118 valence electrons. The van der Waals surface area contributed by atoms with Crippen molar-refractivity contribution >= 4 is 11.7 Å². The minimum Gasteiger partial charge on any atom is -0.323 e. The second-order valence-electron chi connectivity index (χ2n) is 4.89. The van der Waals surface area contributed by atoms with Gasteiger partial charge in [-0.25, -0.2) is 4.79 Å². The molecule has 1 aromatic carbocycles. The van der Waals surface area contributed by atoms with Crippen LogP contribution in [0.3, 0.4) is 0 Å². The molecule has 8 heteroatoms. The summed E-state index contributed by atoms with van der Waals surface area (Å²) >= 11 is 0. The van der Waals surface area contributed by atoms with Gasteiger partial charge in [0, 0.05) is 31.5 Å². The van der Waals surface area contributed by atoms with Gasteiger partial charge in [0.15, 0.2) is 0 Å². The Morgan fingerprint density at radius 2 is 2.14 bits per heavy atom. The first-order chi connectivity index (χ1) is 10.3. The molecule has 2 aromatic rings. The van der Waals surface area contributed by atoms with Crippen LogP contribution in [-0.4, -0.2) is 27.8 Å². The lowest BCUT2D eigenvalue weighted by Crippen LogP contribution is -2.30. The van der Waals surface area contributed by atoms with E-state index in [1.807, 2.05) is 0 Å². The average molecular weight is 312 g/mol. The van der Waals surface area contributed by atoms with E-state index in [9.17, 15) is 18.0 Å². The third-order valence-corrected chi connectivity index (χ3v) is 2.97. The Balaban J connectivity index is 2.02. The predicted octanol–water partition coefficient (Wildman–Crippen LogP) is 3.10. The first-order valence-electron chi connectivity index (χ1n) is 6.42. The number of nitrogens with one attached hydrogen (secondary N) is 1. The maximum absolute atomic E-state index is 12.6. The van der Waals surface area contributed by atoms with Crippen molar-refractivity contribution in [2.24, 2.45) is 7.05 Å². The lowest BCUT2D eigenvalue weighted by Gasteiger charge is -2.17. The van der Waals surface area contributed by atoms with Crippen LogP contribution >= 0.6 is 0 Å². The molecule has 5 nitrogen and oxygen atoms in total. The van der Waals surface area contributed by atoms with Gasteiger partial charge >= 0.3 is 12.2 Å². The van der Waals surface area contributed by atoms with Crippen LogP contribution in [0.15, 0.2) is 36.7 Å². The van der Waals surface area contributed by atoms with Crippen LogP contribution in [0.1, 0.15) is 11.1 Å². The van der Waals surface area contributed by atoms with Gasteiger partial charge in [-0.2, -0.15) is 18.3 Å². The number of nitrogens with zero attached hydrogens (tertiary/aromatic N) is 3. The van der Waals surface area contributed by atoms with Gasteiger partial charge in [0.05, 0.1) is 18.3 Å². The molecule has 0 fully saturated rings. The van der Waals surface area contributed by atoms with Gasteiger partial charge in [0.2, 0.25) is 0 Å². The minimum absolute atomic E-state index is 0.0952. The first-order valence-corrected chi connectivity index (χ1v) is 6.42. The third-order valence-electron chi connectivity index (χ3n) is 2.97. The number of aryl methyl sites for hydroxylation is 1. The molecule has 0 spiro atoms. The van der Waals surface area contributed by atoms with E-state index in [-0.39, 0.29) is 5.69 Å². The molecule has 2 amide bonds. The molecule has 0 aliphatic carbocycles. The van der Waals surface area contributed by atoms with Gasteiger partial charge < -0.3 is 10.2 Å². The van der Waals surface area contributed by atoms with Gasteiger partial charge in [-0.1, -0.05) is 6.07 Å². The normalized spacial score (nSPS) is 11.3. The standard InChI is InChI=1S/C14H15F3N4O/c1-20(8-10-7-18-21(2)9-10)13(22)19-12-5-3-4-11(6-12)14(15,16)17/h3-7,9H,8H2,1-2H3,(H,19,22). The monoisotopic (exact) mass is 312 g/mol. The minimum atomic E-state index is -4.44. The molecule has 0 saturated heterocycles. The van der Waals surface area contributed by atoms with Crippen LogP contribution in [0.5, 0.6) is 0 Å². The van der Waals surface area contributed by atoms with Crippen LogP contribution in [0, 0.1) is 0 Å². The summed E-state index contributed by atoms with van der Waals surface area (Å²) in [5, 5.41) is 6.43. The summed E-state index contributed by atoms with van der Waals surface area (Å²) in [6.45, 7) is 0.304. The highest BCUT2D eigenvalue weighted by Crippen LogP contribution is 2.30. The smallest absolute Gasteiger partial charge is 0.323 e. The Morgan fingerprint density at radius 3 is 2.73 bits per heavy atom. The summed E-state index contributed by atoms with van der Waals surface area (Å²) in [5.41, 5.74) is 0.113. The number of hydrogen-bond donors (Lipinski definition) is 1. The summed E-state index contributed by atoms with van der Waals surface area (Å²) in [4.78, 5) is 13.3. The Labute approximate surface area is 125 Å². The van der Waals surface area contributed by atoms with E-state index in [1.54, 1.807) is 31.2 Å². The molecular formula is C14H15F3N4O. The number of carbonyl (C=O) groups is 1. The highest BCUT2D eigenvalue weighted by molar-refractivity contribution is 5.89. The van der Waals surface area contributed by atoms with Crippen LogP contribution in [-0.2, 0) is 19.8 Å². The van der Waals surface area contributed by atoms with Gasteiger partial charge in [-0.05, 0) is 18.2 Å². The zero-order valence-electron chi connectivity index (χ0n) is 12.1. The Bertz CT molecular complexity index is 666. The summed E-state index contributed by atoms with van der Waals surface area (Å²) in [7, 11) is 3.31. The molecule has 1 aromatic heterocycles. The van der Waals surface area contributed by atoms with E-state index in [0.29, 0.717) is 6.54 Å². The molecule has 2 rings (SSSR count). The number of carbonyl (C=O) groups excluding carboxylic acids is 1. The number of anilines is 1. The molecule has 0 radical (unpaired) electrons. The van der Waals surface area contributed by atoms with E-state index >= 15 is 0 Å². The van der Waals surface area contributed by atoms with E-state index in [1.165, 1.54) is 17.0 Å². The van der Waals surface area contributed by atoms with Crippen molar-refractivity contribution in [3.8, 4) is 0 Å². The van der Waals surface area contributed by atoms with Crippen molar-refractivity contribution in [2.75, 3.05) is 12.4 Å². The molecular weight excluding hydrogens is 297 g/mol. The van der Waals surface area contributed by atoms with Crippen LogP contribution in [0.25, 0.3) is 0 Å². The molecule has 0 bridgehead atoms. The fourth-order valence-corrected chi connectivity index (χ4v) is 1.89. The molecule has 1 N–H and O–H groups in total. The SMILES string of the molecule is CN(Cc1cnn(C)c1)C(=O)Nc1cccc(C(F)(F)F)c1. The molecule has 0 atom stereocenters. The fraction of sp³-hybridized carbons (Fsp3) is 0.286. The summed E-state index contributed by atoms with van der Waals surface area (Å²) in [6, 6.07) is 4.01. The number of aromatic nitrogens is 2. The maximum Gasteiger partial charge on any atom is 0.416 e. The van der Waals surface area contributed by atoms with Gasteiger partial charge in [-0.3, -0.25) is 4.68 Å². The number of amides is 2. The number of hydrogen-bond acceptors (Lipinski definition) is 2. The van der Waals surface area contributed by atoms with Crippen molar-refractivity contribution in [3.63, 3.8) is 0 Å². The molecule has 22 heavy (non-hydrogen) atoms. The lowest BCUT2D eigenvalue weighted by atomic mass is 10.2. The Kier molecular flexibility index (Phi) is 4.39. The van der Waals surface area contributed by atoms with Crippen molar-refractivity contribution in [1.82, 2.24) is 14.7 Å². The number of benzene rings is 1. The number of rotatable bonds is 3. The summed E-state index contributed by atoms with van der Waals surface area (Å²) in [5.74, 6) is 0. The van der Waals surface area contributed by atoms with Crippen molar-refractivity contribution in [3.05, 3.63) is 47.8 Å². The van der Waals surface area contributed by atoms with Crippen LogP contribution in [0.2, 0.25) is 0 Å². The van der Waals surface area contributed by atoms with E-state index in [2.05, 4.69) is 10.4 Å². The summed E-state index contributed by atoms with van der Waals surface area (Å²) in [6.07, 6.45) is -1.07. The van der Waals surface area contributed by atoms with Crippen molar-refractivity contribution in [2.45, 2.75) is 12.7 Å². The van der Waals surface area contributed by atoms with Crippen LogP contribution in [0.4, 0.5) is 23.7 Å². The van der Waals surface area contributed by atoms with Crippen LogP contribution < -0.4 is 5.32 Å². The van der Waals surface area contributed by atoms with Gasteiger partial charge in [0.25, 0.3) is 0 Å². The molecule has 0 saturated carbocycles. The number of urea groups is 1. The Morgan fingerprint density at radius 1 is 1.41 bits per heavy atom. The fourth-order valence-electron chi connectivity index (χ4n) is 1.89. The molecule has 1 heterocycles. The number of alkyl halides is 3. The molecule has 0 unspecified atom stereocenters. The Hall–Kier alpha value is -2.51. The molecule has 0 aliphatic heterocycles.